The van der Waals surface area contributed by atoms with E-state index in [1.165, 1.54) is 0 Å². The summed E-state index contributed by atoms with van der Waals surface area (Å²) in [4.78, 5) is 13.2. The van der Waals surface area contributed by atoms with Crippen molar-refractivity contribution in [2.24, 2.45) is 0 Å². The third-order valence-electron chi connectivity index (χ3n) is 4.08. The molecule has 1 amide bonds. The molecule has 0 saturated carbocycles. The number of hydrogen-bond acceptors (Lipinski definition) is 4. The minimum Gasteiger partial charge on any atom is -0.493 e. The van der Waals surface area contributed by atoms with E-state index in [4.69, 9.17) is 4.74 Å². The molecular weight excluding hydrogens is 322 g/mol. The van der Waals surface area contributed by atoms with E-state index in [1.54, 1.807) is 11.8 Å². The molecule has 0 aromatic heterocycles. The first-order valence-corrected chi connectivity index (χ1v) is 9.05. The SMILES string of the molecule is O=C(CCSc1ccccc1)NC[C@]1(O)CCOc2ccccc21. The molecule has 0 aliphatic carbocycles. The van der Waals surface area contributed by atoms with Gasteiger partial charge < -0.3 is 15.2 Å². The average molecular weight is 343 g/mol. The lowest BCUT2D eigenvalue weighted by atomic mass is 9.88. The summed E-state index contributed by atoms with van der Waals surface area (Å²) < 4.78 is 5.56. The Morgan fingerprint density at radius 2 is 1.92 bits per heavy atom. The highest BCUT2D eigenvalue weighted by molar-refractivity contribution is 7.99. The van der Waals surface area contributed by atoms with Crippen LogP contribution < -0.4 is 10.1 Å². The largest absolute Gasteiger partial charge is 0.493 e. The van der Waals surface area contributed by atoms with Gasteiger partial charge in [0.25, 0.3) is 0 Å². The summed E-state index contributed by atoms with van der Waals surface area (Å²) >= 11 is 1.65. The molecule has 0 bridgehead atoms. The number of para-hydroxylation sites is 1. The summed E-state index contributed by atoms with van der Waals surface area (Å²) in [7, 11) is 0. The second-order valence-electron chi connectivity index (χ2n) is 5.81. The van der Waals surface area contributed by atoms with Crippen molar-refractivity contribution in [3.8, 4) is 5.75 Å². The van der Waals surface area contributed by atoms with Crippen LogP contribution in [0.25, 0.3) is 0 Å². The molecule has 0 saturated heterocycles. The maximum absolute atomic E-state index is 12.1. The number of aliphatic hydroxyl groups is 1. The lowest BCUT2D eigenvalue weighted by molar-refractivity contribution is -0.122. The number of carbonyl (C=O) groups is 1. The van der Waals surface area contributed by atoms with Crippen LogP contribution in [0.3, 0.4) is 0 Å². The van der Waals surface area contributed by atoms with Crippen molar-refractivity contribution in [2.75, 3.05) is 18.9 Å². The quantitative estimate of drug-likeness (QED) is 0.792. The Labute approximate surface area is 146 Å². The van der Waals surface area contributed by atoms with Gasteiger partial charge in [-0.2, -0.15) is 0 Å². The number of amides is 1. The van der Waals surface area contributed by atoms with E-state index < -0.39 is 5.60 Å². The molecule has 2 aromatic carbocycles. The lowest BCUT2D eigenvalue weighted by Crippen LogP contribution is -2.44. The molecule has 5 heteroatoms. The van der Waals surface area contributed by atoms with Crippen LogP contribution in [0, 0.1) is 0 Å². The number of carbonyl (C=O) groups excluding carboxylic acids is 1. The molecule has 1 atom stereocenters. The van der Waals surface area contributed by atoms with E-state index >= 15 is 0 Å². The highest BCUT2D eigenvalue weighted by atomic mass is 32.2. The average Bonchev–Trinajstić information content (AvgIpc) is 2.62. The van der Waals surface area contributed by atoms with Gasteiger partial charge in [-0.25, -0.2) is 0 Å². The van der Waals surface area contributed by atoms with Crippen LogP contribution in [-0.4, -0.2) is 29.9 Å². The molecule has 1 heterocycles. The van der Waals surface area contributed by atoms with E-state index in [0.29, 0.717) is 31.0 Å². The Hall–Kier alpha value is -1.98. The van der Waals surface area contributed by atoms with Crippen LogP contribution in [0.2, 0.25) is 0 Å². The van der Waals surface area contributed by atoms with Crippen molar-refractivity contribution in [3.05, 3.63) is 60.2 Å². The Morgan fingerprint density at radius 1 is 1.17 bits per heavy atom. The van der Waals surface area contributed by atoms with Gasteiger partial charge in [0.1, 0.15) is 11.4 Å². The molecule has 1 aliphatic heterocycles. The predicted molar refractivity (Wildman–Crippen MR) is 95.2 cm³/mol. The minimum atomic E-state index is -1.06. The number of rotatable bonds is 6. The van der Waals surface area contributed by atoms with Gasteiger partial charge in [-0.1, -0.05) is 36.4 Å². The smallest absolute Gasteiger partial charge is 0.220 e. The topological polar surface area (TPSA) is 58.6 Å². The highest BCUT2D eigenvalue weighted by Crippen LogP contribution is 2.36. The molecule has 1 aliphatic rings. The lowest BCUT2D eigenvalue weighted by Gasteiger charge is -2.34. The zero-order chi connectivity index (χ0) is 16.8. The van der Waals surface area contributed by atoms with Crippen LogP contribution in [0.4, 0.5) is 0 Å². The summed E-state index contributed by atoms with van der Waals surface area (Å²) in [6.07, 6.45) is 0.900. The third-order valence-corrected chi connectivity index (χ3v) is 5.09. The monoisotopic (exact) mass is 343 g/mol. The van der Waals surface area contributed by atoms with Crippen molar-refractivity contribution >= 4 is 17.7 Å². The standard InChI is InChI=1S/C19H21NO3S/c21-18(10-13-24-15-6-2-1-3-7-15)20-14-19(22)11-12-23-17-9-5-4-8-16(17)19/h1-9,22H,10-14H2,(H,20,21)/t19-/m1/s1. The second kappa shape index (κ2) is 7.73. The molecule has 4 nitrogen and oxygen atoms in total. The van der Waals surface area contributed by atoms with Crippen molar-refractivity contribution in [3.63, 3.8) is 0 Å². The first kappa shape index (κ1) is 16.9. The van der Waals surface area contributed by atoms with E-state index in [-0.39, 0.29) is 12.5 Å². The molecule has 3 rings (SSSR count). The van der Waals surface area contributed by atoms with Gasteiger partial charge in [0.05, 0.1) is 13.2 Å². The van der Waals surface area contributed by atoms with Crippen LogP contribution in [0.1, 0.15) is 18.4 Å². The molecule has 0 fully saturated rings. The Bertz CT molecular complexity index is 692. The molecule has 24 heavy (non-hydrogen) atoms. The summed E-state index contributed by atoms with van der Waals surface area (Å²) in [5.41, 5.74) is -0.313. The van der Waals surface area contributed by atoms with Gasteiger partial charge in [0.2, 0.25) is 5.91 Å². The van der Waals surface area contributed by atoms with Crippen LogP contribution in [0.15, 0.2) is 59.5 Å². The van der Waals surface area contributed by atoms with Crippen molar-refractivity contribution in [1.82, 2.24) is 5.32 Å². The van der Waals surface area contributed by atoms with E-state index in [9.17, 15) is 9.90 Å². The number of nitrogens with one attached hydrogen (secondary N) is 1. The van der Waals surface area contributed by atoms with E-state index in [0.717, 1.165) is 10.5 Å². The molecule has 126 valence electrons. The molecule has 2 aromatic rings. The normalized spacial score (nSPS) is 19.2. The second-order valence-corrected chi connectivity index (χ2v) is 6.98. The molecule has 0 spiro atoms. The minimum absolute atomic E-state index is 0.0455. The van der Waals surface area contributed by atoms with Gasteiger partial charge in [-0.3, -0.25) is 4.79 Å². The zero-order valence-electron chi connectivity index (χ0n) is 13.4. The maximum Gasteiger partial charge on any atom is 0.220 e. The van der Waals surface area contributed by atoms with Crippen LogP contribution in [0.5, 0.6) is 5.75 Å². The van der Waals surface area contributed by atoms with Crippen LogP contribution >= 0.6 is 11.8 Å². The van der Waals surface area contributed by atoms with Gasteiger partial charge in [0, 0.05) is 29.1 Å². The number of thioether (sulfide) groups is 1. The molecular formula is C19H21NO3S. The fraction of sp³-hybridized carbons (Fsp3) is 0.316. The third kappa shape index (κ3) is 4.10. The Balaban J connectivity index is 1.49. The summed E-state index contributed by atoms with van der Waals surface area (Å²) in [5.74, 6) is 1.37. The van der Waals surface area contributed by atoms with Crippen molar-refractivity contribution in [1.29, 1.82) is 0 Å². The van der Waals surface area contributed by atoms with Crippen molar-refractivity contribution in [2.45, 2.75) is 23.3 Å². The zero-order valence-corrected chi connectivity index (χ0v) is 14.2. The first-order chi connectivity index (χ1) is 11.7. The number of benzene rings is 2. The highest BCUT2D eigenvalue weighted by Gasteiger charge is 2.35. The van der Waals surface area contributed by atoms with Crippen molar-refractivity contribution < 1.29 is 14.6 Å². The predicted octanol–water partition coefficient (Wildman–Crippen LogP) is 2.96. The van der Waals surface area contributed by atoms with Gasteiger partial charge >= 0.3 is 0 Å². The van der Waals surface area contributed by atoms with Gasteiger partial charge in [-0.05, 0) is 18.2 Å². The summed E-state index contributed by atoms with van der Waals surface area (Å²) in [6, 6.07) is 17.5. The van der Waals surface area contributed by atoms with Gasteiger partial charge in [-0.15, -0.1) is 11.8 Å². The fourth-order valence-corrected chi connectivity index (χ4v) is 3.61. The van der Waals surface area contributed by atoms with E-state index in [2.05, 4.69) is 5.32 Å². The maximum atomic E-state index is 12.1. The van der Waals surface area contributed by atoms with Crippen LogP contribution in [-0.2, 0) is 10.4 Å². The number of fused-ring (bicyclic) bond motifs is 1. The van der Waals surface area contributed by atoms with E-state index in [1.807, 2.05) is 54.6 Å². The fourth-order valence-electron chi connectivity index (χ4n) is 2.74. The van der Waals surface area contributed by atoms with Gasteiger partial charge in [0.15, 0.2) is 0 Å². The summed E-state index contributed by atoms with van der Waals surface area (Å²) in [6.45, 7) is 0.662. The number of hydrogen-bond donors (Lipinski definition) is 2. The Morgan fingerprint density at radius 3 is 2.75 bits per heavy atom. The Kier molecular flexibility index (Phi) is 5.43. The first-order valence-electron chi connectivity index (χ1n) is 8.07. The summed E-state index contributed by atoms with van der Waals surface area (Å²) in [5, 5.41) is 13.7. The molecule has 0 unspecified atom stereocenters. The molecule has 2 N–H and O–H groups in total. The molecule has 0 radical (unpaired) electrons. The number of ether oxygens (including phenoxy) is 1.